The third-order valence-electron chi connectivity index (χ3n) is 4.70. The number of hydrogen-bond acceptors (Lipinski definition) is 2. The van der Waals surface area contributed by atoms with Gasteiger partial charge in [0.2, 0.25) is 11.8 Å². The quantitative estimate of drug-likeness (QED) is 0.657. The van der Waals surface area contributed by atoms with Gasteiger partial charge < -0.3 is 9.80 Å². The summed E-state index contributed by atoms with van der Waals surface area (Å²) >= 11 is 11.8. The van der Waals surface area contributed by atoms with E-state index in [1.807, 2.05) is 24.3 Å². The van der Waals surface area contributed by atoms with Gasteiger partial charge in [-0.25, -0.2) is 0 Å². The van der Waals surface area contributed by atoms with Gasteiger partial charge in [-0.1, -0.05) is 47.5 Å². The molecule has 0 spiro atoms. The normalized spacial score (nSPS) is 15.1. The Morgan fingerprint density at radius 3 is 1.41 bits per heavy atom. The molecule has 0 saturated carbocycles. The van der Waals surface area contributed by atoms with Crippen LogP contribution >= 0.6 is 23.2 Å². The molecule has 1 fully saturated rings. The zero-order chi connectivity index (χ0) is 20.6. The minimum absolute atomic E-state index is 0.0500. The van der Waals surface area contributed by atoms with Crippen LogP contribution in [0.4, 0.5) is 0 Å². The van der Waals surface area contributed by atoms with E-state index in [0.717, 1.165) is 17.5 Å². The Labute approximate surface area is 181 Å². The van der Waals surface area contributed by atoms with Crippen molar-refractivity contribution in [2.24, 2.45) is 0 Å². The second kappa shape index (κ2) is 10.3. The van der Waals surface area contributed by atoms with Crippen LogP contribution in [-0.2, 0) is 9.59 Å². The van der Waals surface area contributed by atoms with Crippen LogP contribution in [0.3, 0.4) is 0 Å². The van der Waals surface area contributed by atoms with E-state index in [1.54, 1.807) is 58.4 Å². The third-order valence-corrected chi connectivity index (χ3v) is 5.20. The predicted molar refractivity (Wildman–Crippen MR) is 119 cm³/mol. The van der Waals surface area contributed by atoms with E-state index in [4.69, 9.17) is 23.2 Å². The predicted octanol–water partition coefficient (Wildman–Crippen LogP) is 4.78. The van der Waals surface area contributed by atoms with Gasteiger partial charge in [-0.3, -0.25) is 9.59 Å². The number of nitrogens with zero attached hydrogens (tertiary/aromatic N) is 2. The van der Waals surface area contributed by atoms with Crippen LogP contribution in [0.2, 0.25) is 10.0 Å². The average Bonchev–Trinajstić information content (AvgIpc) is 2.99. The van der Waals surface area contributed by atoms with Gasteiger partial charge in [-0.2, -0.15) is 0 Å². The molecule has 0 atom stereocenters. The molecule has 0 aliphatic carbocycles. The fourth-order valence-electron chi connectivity index (χ4n) is 3.05. The highest BCUT2D eigenvalue weighted by atomic mass is 35.5. The number of rotatable bonds is 4. The maximum absolute atomic E-state index is 12.5. The minimum Gasteiger partial charge on any atom is -0.337 e. The summed E-state index contributed by atoms with van der Waals surface area (Å²) < 4.78 is 0. The van der Waals surface area contributed by atoms with Crippen LogP contribution in [0.5, 0.6) is 0 Å². The van der Waals surface area contributed by atoms with Crippen LogP contribution in [0.25, 0.3) is 12.2 Å². The average molecular weight is 429 g/mol. The molecule has 4 nitrogen and oxygen atoms in total. The largest absolute Gasteiger partial charge is 0.337 e. The SMILES string of the molecule is O=C(/C=C/c1ccc(Cl)cc1)N1CCCN(C(=O)/C=C/c2ccc(Cl)cc2)CC1. The summed E-state index contributed by atoms with van der Waals surface area (Å²) in [5, 5.41) is 1.33. The molecule has 1 heterocycles. The number of amides is 2. The molecule has 0 N–H and O–H groups in total. The van der Waals surface area contributed by atoms with Crippen molar-refractivity contribution in [2.45, 2.75) is 6.42 Å². The first-order valence-electron chi connectivity index (χ1n) is 9.46. The van der Waals surface area contributed by atoms with Crippen molar-refractivity contribution < 1.29 is 9.59 Å². The summed E-state index contributed by atoms with van der Waals surface area (Å²) in [6, 6.07) is 14.6. The van der Waals surface area contributed by atoms with Crippen molar-refractivity contribution in [2.75, 3.05) is 26.2 Å². The third kappa shape index (κ3) is 6.48. The lowest BCUT2D eigenvalue weighted by Gasteiger charge is -2.20. The molecule has 6 heteroatoms. The summed E-state index contributed by atoms with van der Waals surface area (Å²) in [6.07, 6.45) is 7.45. The van der Waals surface area contributed by atoms with Crippen LogP contribution in [0.1, 0.15) is 17.5 Å². The molecule has 150 valence electrons. The van der Waals surface area contributed by atoms with Crippen LogP contribution in [0.15, 0.2) is 60.7 Å². The first-order valence-corrected chi connectivity index (χ1v) is 10.2. The van der Waals surface area contributed by atoms with Crippen molar-refractivity contribution in [3.63, 3.8) is 0 Å². The highest BCUT2D eigenvalue weighted by Gasteiger charge is 2.19. The van der Waals surface area contributed by atoms with Gasteiger partial charge in [0, 0.05) is 48.4 Å². The molecule has 29 heavy (non-hydrogen) atoms. The van der Waals surface area contributed by atoms with Gasteiger partial charge >= 0.3 is 0 Å². The minimum atomic E-state index is -0.0500. The molecule has 3 rings (SSSR count). The van der Waals surface area contributed by atoms with Crippen molar-refractivity contribution in [1.82, 2.24) is 9.80 Å². The summed E-state index contributed by atoms with van der Waals surface area (Å²) in [7, 11) is 0. The summed E-state index contributed by atoms with van der Waals surface area (Å²) in [5.41, 5.74) is 1.84. The summed E-state index contributed by atoms with van der Waals surface area (Å²) in [6.45, 7) is 2.30. The Hall–Kier alpha value is -2.56. The zero-order valence-corrected chi connectivity index (χ0v) is 17.4. The number of hydrogen-bond donors (Lipinski definition) is 0. The maximum atomic E-state index is 12.5. The van der Waals surface area contributed by atoms with E-state index < -0.39 is 0 Å². The second-order valence-electron chi connectivity index (χ2n) is 6.77. The molecule has 0 radical (unpaired) electrons. The van der Waals surface area contributed by atoms with Crippen molar-refractivity contribution in [3.05, 3.63) is 81.9 Å². The van der Waals surface area contributed by atoms with Gasteiger partial charge in [0.05, 0.1) is 0 Å². The van der Waals surface area contributed by atoms with Gasteiger partial charge in [0.15, 0.2) is 0 Å². The molecule has 0 unspecified atom stereocenters. The molecule has 1 saturated heterocycles. The van der Waals surface area contributed by atoms with Gasteiger partial charge in [0.1, 0.15) is 0 Å². The topological polar surface area (TPSA) is 40.6 Å². The van der Waals surface area contributed by atoms with Crippen molar-refractivity contribution >= 4 is 47.2 Å². The smallest absolute Gasteiger partial charge is 0.246 e. The Balaban J connectivity index is 1.53. The fraction of sp³-hybridized carbons (Fsp3) is 0.217. The molecule has 2 aromatic carbocycles. The van der Waals surface area contributed by atoms with Gasteiger partial charge in [-0.15, -0.1) is 0 Å². The molecule has 1 aliphatic heterocycles. The van der Waals surface area contributed by atoms with E-state index in [-0.39, 0.29) is 11.8 Å². The lowest BCUT2D eigenvalue weighted by molar-refractivity contribution is -0.128. The van der Waals surface area contributed by atoms with Crippen molar-refractivity contribution in [3.8, 4) is 0 Å². The second-order valence-corrected chi connectivity index (χ2v) is 7.65. The number of carbonyl (C=O) groups excluding carboxylic acids is 2. The van der Waals surface area contributed by atoms with E-state index in [9.17, 15) is 9.59 Å². The molecule has 2 amide bonds. The molecule has 1 aliphatic rings. The Morgan fingerprint density at radius 1 is 0.655 bits per heavy atom. The first-order chi connectivity index (χ1) is 14.0. The molecule has 0 bridgehead atoms. The van der Waals surface area contributed by atoms with Gasteiger partial charge in [0.25, 0.3) is 0 Å². The van der Waals surface area contributed by atoms with Crippen LogP contribution < -0.4 is 0 Å². The number of halogens is 2. The lowest BCUT2D eigenvalue weighted by atomic mass is 10.2. The fourth-order valence-corrected chi connectivity index (χ4v) is 3.30. The van der Waals surface area contributed by atoms with E-state index in [1.165, 1.54) is 0 Å². The molecular formula is C23H22Cl2N2O2. The van der Waals surface area contributed by atoms with Gasteiger partial charge in [-0.05, 0) is 54.0 Å². The first kappa shape index (κ1) is 21.2. The number of benzene rings is 2. The van der Waals surface area contributed by atoms with E-state index >= 15 is 0 Å². The highest BCUT2D eigenvalue weighted by molar-refractivity contribution is 6.30. The number of carbonyl (C=O) groups is 2. The summed E-state index contributed by atoms with van der Waals surface area (Å²) in [5.74, 6) is -0.100. The van der Waals surface area contributed by atoms with Crippen molar-refractivity contribution in [1.29, 1.82) is 0 Å². The maximum Gasteiger partial charge on any atom is 0.246 e. The Kier molecular flexibility index (Phi) is 7.50. The highest BCUT2D eigenvalue weighted by Crippen LogP contribution is 2.13. The monoisotopic (exact) mass is 428 g/mol. The Bertz CT molecular complexity index is 830. The molecule has 2 aromatic rings. The van der Waals surface area contributed by atoms with Crippen LogP contribution in [-0.4, -0.2) is 47.8 Å². The van der Waals surface area contributed by atoms with E-state index in [0.29, 0.717) is 36.2 Å². The molecular weight excluding hydrogens is 407 g/mol. The zero-order valence-electron chi connectivity index (χ0n) is 15.9. The standard InChI is InChI=1S/C23H22Cl2N2O2/c24-20-8-2-18(3-9-20)6-12-22(28)26-14-1-15-27(17-16-26)23(29)13-7-19-4-10-21(25)11-5-19/h2-13H,1,14-17H2/b12-6+,13-7+. The molecule has 0 aromatic heterocycles. The van der Waals surface area contributed by atoms with Crippen LogP contribution in [0, 0.1) is 0 Å². The Morgan fingerprint density at radius 2 is 1.03 bits per heavy atom. The van der Waals surface area contributed by atoms with E-state index in [2.05, 4.69) is 0 Å². The summed E-state index contributed by atoms with van der Waals surface area (Å²) in [4.78, 5) is 28.5. The lowest BCUT2D eigenvalue weighted by Crippen LogP contribution is -2.36.